The molecule has 172 valence electrons. The van der Waals surface area contributed by atoms with E-state index in [0.29, 0.717) is 12.3 Å². The normalized spacial score (nSPS) is 32.3. The average molecular weight is 446 g/mol. The van der Waals surface area contributed by atoms with Crippen LogP contribution in [0.5, 0.6) is 0 Å². The van der Waals surface area contributed by atoms with Crippen LogP contribution in [0.4, 0.5) is 0 Å². The number of esters is 1. The van der Waals surface area contributed by atoms with E-state index in [9.17, 15) is 9.59 Å². The molecule has 0 radical (unpaired) electrons. The summed E-state index contributed by atoms with van der Waals surface area (Å²) in [6.45, 7) is 16.3. The Bertz CT molecular complexity index is 835. The number of allylic oxidation sites excluding steroid dienone is 1. The van der Waals surface area contributed by atoms with Crippen molar-refractivity contribution in [1.82, 2.24) is 4.98 Å². The molecular weight excluding hydrogens is 406 g/mol. The Morgan fingerprint density at radius 1 is 1.16 bits per heavy atom. The summed E-state index contributed by atoms with van der Waals surface area (Å²) in [6.07, 6.45) is 7.73. The van der Waals surface area contributed by atoms with Gasteiger partial charge in [0.05, 0.1) is 10.7 Å². The molecule has 5 atom stereocenters. The molecule has 0 N–H and O–H groups in total. The summed E-state index contributed by atoms with van der Waals surface area (Å²) in [7, 11) is 0. The predicted octanol–water partition coefficient (Wildman–Crippen LogP) is 6.65. The maximum Gasteiger partial charge on any atom is 0.306 e. The lowest BCUT2D eigenvalue weighted by Crippen LogP contribution is -2.40. The van der Waals surface area contributed by atoms with Crippen LogP contribution in [-0.2, 0) is 14.3 Å². The molecule has 31 heavy (non-hydrogen) atoms. The minimum atomic E-state index is -0.578. The van der Waals surface area contributed by atoms with E-state index < -0.39 is 5.41 Å². The van der Waals surface area contributed by atoms with Crippen molar-refractivity contribution in [3.8, 4) is 0 Å². The lowest BCUT2D eigenvalue weighted by molar-refractivity contribution is -0.150. The van der Waals surface area contributed by atoms with Crippen molar-refractivity contribution < 1.29 is 14.3 Å². The minimum Gasteiger partial charge on any atom is -0.457 e. The predicted molar refractivity (Wildman–Crippen MR) is 129 cm³/mol. The SMILES string of the molecule is C/C(=C\c1csc(C)n1)[C@@H]1C/C=C/C[C@H](C)[C@H](C)[C@@H](C)C(=O)C(C)(C)[C@@H](C)CC(=O)O1. The molecule has 0 saturated heterocycles. The van der Waals surface area contributed by atoms with Gasteiger partial charge in [-0.1, -0.05) is 53.7 Å². The molecule has 1 aromatic heterocycles. The van der Waals surface area contributed by atoms with Crippen molar-refractivity contribution in [2.24, 2.45) is 29.1 Å². The third-order valence-corrected chi connectivity index (χ3v) is 8.05. The Kier molecular flexibility index (Phi) is 8.82. The number of Topliss-reactive ketones (excluding diaryl/α,β-unsaturated/α-hetero) is 1. The van der Waals surface area contributed by atoms with E-state index in [-0.39, 0.29) is 42.0 Å². The molecule has 2 heterocycles. The van der Waals surface area contributed by atoms with Crippen LogP contribution >= 0.6 is 11.3 Å². The molecule has 1 aliphatic heterocycles. The Morgan fingerprint density at radius 3 is 2.42 bits per heavy atom. The van der Waals surface area contributed by atoms with Crippen LogP contribution < -0.4 is 0 Å². The molecule has 0 aliphatic carbocycles. The van der Waals surface area contributed by atoms with Crippen LogP contribution in [0, 0.1) is 36.0 Å². The molecule has 4 nitrogen and oxygen atoms in total. The van der Waals surface area contributed by atoms with Gasteiger partial charge >= 0.3 is 5.97 Å². The first-order chi connectivity index (χ1) is 14.4. The zero-order chi connectivity index (χ0) is 23.3. The van der Waals surface area contributed by atoms with Gasteiger partial charge in [0.1, 0.15) is 11.9 Å². The van der Waals surface area contributed by atoms with E-state index >= 15 is 0 Å². The number of rotatable bonds is 2. The number of ketones is 1. The summed E-state index contributed by atoms with van der Waals surface area (Å²) >= 11 is 1.61. The second-order valence-electron chi connectivity index (χ2n) is 9.92. The average Bonchev–Trinajstić information content (AvgIpc) is 3.11. The first kappa shape index (κ1) is 25.5. The fourth-order valence-corrected chi connectivity index (χ4v) is 4.69. The molecule has 0 saturated carbocycles. The zero-order valence-electron chi connectivity index (χ0n) is 20.4. The van der Waals surface area contributed by atoms with E-state index in [1.165, 1.54) is 0 Å². The second kappa shape index (κ2) is 10.7. The molecule has 0 spiro atoms. The van der Waals surface area contributed by atoms with E-state index in [0.717, 1.165) is 22.7 Å². The van der Waals surface area contributed by atoms with Crippen LogP contribution in [0.1, 0.15) is 78.4 Å². The number of hydrogen-bond acceptors (Lipinski definition) is 5. The van der Waals surface area contributed by atoms with Gasteiger partial charge in [0.25, 0.3) is 0 Å². The monoisotopic (exact) mass is 445 g/mol. The number of hydrogen-bond donors (Lipinski definition) is 0. The molecule has 0 aromatic carbocycles. The third-order valence-electron chi connectivity index (χ3n) is 7.26. The van der Waals surface area contributed by atoms with Crippen molar-refractivity contribution in [3.63, 3.8) is 0 Å². The van der Waals surface area contributed by atoms with Crippen molar-refractivity contribution >= 4 is 29.2 Å². The van der Waals surface area contributed by atoms with Crippen LogP contribution in [0.25, 0.3) is 6.08 Å². The van der Waals surface area contributed by atoms with E-state index in [2.05, 4.69) is 31.0 Å². The van der Waals surface area contributed by atoms with Gasteiger partial charge in [0, 0.05) is 29.6 Å². The van der Waals surface area contributed by atoms with Gasteiger partial charge in [-0.3, -0.25) is 9.59 Å². The molecule has 0 bridgehead atoms. The molecule has 0 amide bonds. The molecule has 5 heteroatoms. The lowest BCUT2D eigenvalue weighted by atomic mass is 9.67. The molecule has 2 rings (SSSR count). The number of carbonyl (C=O) groups excluding carboxylic acids is 2. The van der Waals surface area contributed by atoms with Gasteiger partial charge < -0.3 is 4.74 Å². The Balaban J connectivity index is 2.31. The van der Waals surface area contributed by atoms with Gasteiger partial charge in [-0.05, 0) is 49.7 Å². The smallest absolute Gasteiger partial charge is 0.306 e. The van der Waals surface area contributed by atoms with Gasteiger partial charge in [-0.25, -0.2) is 4.98 Å². The van der Waals surface area contributed by atoms with Crippen LogP contribution in [0.3, 0.4) is 0 Å². The van der Waals surface area contributed by atoms with Crippen LogP contribution in [0.2, 0.25) is 0 Å². The summed E-state index contributed by atoms with van der Waals surface area (Å²) in [5.74, 6) is 0.532. The molecule has 1 aromatic rings. The van der Waals surface area contributed by atoms with E-state index in [1.807, 2.05) is 53.0 Å². The summed E-state index contributed by atoms with van der Waals surface area (Å²) in [6, 6.07) is 0. The maximum atomic E-state index is 13.3. The summed E-state index contributed by atoms with van der Waals surface area (Å²) in [5, 5.41) is 3.03. The number of aryl methyl sites for hydroxylation is 1. The van der Waals surface area contributed by atoms with Gasteiger partial charge in [-0.2, -0.15) is 0 Å². The Morgan fingerprint density at radius 2 is 1.81 bits per heavy atom. The van der Waals surface area contributed by atoms with Gasteiger partial charge in [-0.15, -0.1) is 11.3 Å². The van der Waals surface area contributed by atoms with Crippen LogP contribution in [0.15, 0.2) is 23.1 Å². The molecule has 0 fully saturated rings. The van der Waals surface area contributed by atoms with Gasteiger partial charge in [0.15, 0.2) is 0 Å². The van der Waals surface area contributed by atoms with Crippen molar-refractivity contribution in [2.75, 3.05) is 0 Å². The summed E-state index contributed by atoms with van der Waals surface area (Å²) in [4.78, 5) is 30.6. The Labute approximate surface area is 192 Å². The van der Waals surface area contributed by atoms with Crippen molar-refractivity contribution in [2.45, 2.75) is 80.8 Å². The highest BCUT2D eigenvalue weighted by Gasteiger charge is 2.40. The molecular formula is C26H39NO3S. The minimum absolute atomic E-state index is 0.0423. The number of nitrogens with zero attached hydrogens (tertiary/aromatic N) is 1. The van der Waals surface area contributed by atoms with E-state index in [1.54, 1.807) is 11.3 Å². The summed E-state index contributed by atoms with van der Waals surface area (Å²) in [5.41, 5.74) is 1.30. The number of aromatic nitrogens is 1. The zero-order valence-corrected chi connectivity index (χ0v) is 21.2. The quantitative estimate of drug-likeness (QED) is 0.378. The highest BCUT2D eigenvalue weighted by Crippen LogP contribution is 2.37. The van der Waals surface area contributed by atoms with Gasteiger partial charge in [0.2, 0.25) is 0 Å². The van der Waals surface area contributed by atoms with Crippen molar-refractivity contribution in [1.29, 1.82) is 0 Å². The highest BCUT2D eigenvalue weighted by molar-refractivity contribution is 7.09. The second-order valence-corrected chi connectivity index (χ2v) is 11.0. The van der Waals surface area contributed by atoms with Crippen molar-refractivity contribution in [3.05, 3.63) is 33.8 Å². The van der Waals surface area contributed by atoms with E-state index in [4.69, 9.17) is 4.74 Å². The maximum absolute atomic E-state index is 13.3. The third kappa shape index (κ3) is 6.61. The molecule has 1 aliphatic rings. The standard InChI is InChI=1S/C26H39NO3S/c1-16-11-9-10-12-23(17(2)13-22-15-31-21(6)27-22)30-24(28)14-18(3)26(7,8)25(29)20(5)19(16)4/h9-10,13,15-16,18-20,23H,11-12,14H2,1-8H3/b10-9+,17-13+/t16-,18-,19-,20+,23-/m0/s1. The number of carbonyl (C=O) groups is 2. The Hall–Kier alpha value is -1.75. The first-order valence-electron chi connectivity index (χ1n) is 11.4. The fourth-order valence-electron chi connectivity index (χ4n) is 4.12. The summed E-state index contributed by atoms with van der Waals surface area (Å²) < 4.78 is 5.92. The number of thiazole rings is 1. The van der Waals surface area contributed by atoms with Crippen LogP contribution in [-0.4, -0.2) is 22.8 Å². The lowest BCUT2D eigenvalue weighted by Gasteiger charge is -2.36. The molecule has 0 unspecified atom stereocenters. The largest absolute Gasteiger partial charge is 0.457 e. The topological polar surface area (TPSA) is 56.3 Å². The first-order valence-corrected chi connectivity index (χ1v) is 12.3. The highest BCUT2D eigenvalue weighted by atomic mass is 32.1. The number of cyclic esters (lactones) is 1. The fraction of sp³-hybridized carbons (Fsp3) is 0.654. The number of ether oxygens (including phenoxy) is 1.